The second kappa shape index (κ2) is 12.5. The summed E-state index contributed by atoms with van der Waals surface area (Å²) in [5.74, 6) is -0.975. The lowest BCUT2D eigenvalue weighted by atomic mass is 9.93. The molecule has 0 amide bonds. The number of fused-ring (bicyclic) bond motifs is 1. The average molecular weight is 643 g/mol. The number of ether oxygens (including phenoxy) is 2. The van der Waals surface area contributed by atoms with E-state index < -0.39 is 29.4 Å². The molecule has 1 aliphatic heterocycles. The van der Waals surface area contributed by atoms with Crippen LogP contribution in [0.2, 0.25) is 5.02 Å². The first kappa shape index (κ1) is 30.0. The number of methoxy groups -OCH3 is 1. The maximum Gasteiger partial charge on any atom is 0.338 e. The van der Waals surface area contributed by atoms with E-state index in [0.29, 0.717) is 43.7 Å². The SMILES string of the molecule is CCOC(=O)C1=C(c2ccccc2)N=c2s/c(=C/c3ccc(-c4cc(Cl)ccc4C(=O)OC)o3)c(=O)n2[C@@H]1c1ccc(F)cc1. The first-order valence-electron chi connectivity index (χ1n) is 13.8. The molecule has 1 atom stereocenters. The molecule has 45 heavy (non-hydrogen) atoms. The van der Waals surface area contributed by atoms with E-state index in [2.05, 4.69) is 0 Å². The third-order valence-corrected chi connectivity index (χ3v) is 8.33. The minimum Gasteiger partial charge on any atom is -0.465 e. The molecule has 2 aromatic heterocycles. The average Bonchev–Trinajstić information content (AvgIpc) is 3.64. The Morgan fingerprint density at radius 1 is 1.04 bits per heavy atom. The Hall–Kier alpha value is -5.06. The fourth-order valence-corrected chi connectivity index (χ4v) is 6.27. The number of carbonyl (C=O) groups excluding carboxylic acids is 2. The van der Waals surface area contributed by atoms with Crippen LogP contribution in [0, 0.1) is 5.82 Å². The van der Waals surface area contributed by atoms with Gasteiger partial charge in [-0.2, -0.15) is 0 Å². The van der Waals surface area contributed by atoms with E-state index in [1.165, 1.54) is 35.9 Å². The van der Waals surface area contributed by atoms with Crippen LogP contribution in [0.3, 0.4) is 0 Å². The van der Waals surface area contributed by atoms with E-state index in [1.807, 2.05) is 30.3 Å². The lowest BCUT2D eigenvalue weighted by Gasteiger charge is -2.25. The minimum atomic E-state index is -0.945. The third-order valence-electron chi connectivity index (χ3n) is 7.11. The van der Waals surface area contributed by atoms with Crippen molar-refractivity contribution in [2.24, 2.45) is 4.99 Å². The van der Waals surface area contributed by atoms with Crippen molar-refractivity contribution in [3.63, 3.8) is 0 Å². The number of esters is 2. The standard InChI is InChI=1S/C34H24ClFN2O6S/c1-3-43-33(41)28-29(19-7-5-4-6-8-19)37-34-38(30(28)20-9-12-22(36)13-10-20)31(39)27(45-34)18-23-14-16-26(44-23)25-17-21(35)11-15-24(25)32(40)42-2/h4-18,30H,3H2,1-2H3/b27-18+/t30-/m1/s1. The van der Waals surface area contributed by atoms with Crippen molar-refractivity contribution in [1.29, 1.82) is 0 Å². The number of hydrogen-bond acceptors (Lipinski definition) is 8. The molecule has 0 radical (unpaired) electrons. The van der Waals surface area contributed by atoms with Gasteiger partial charge in [-0.05, 0) is 55.0 Å². The number of furan rings is 1. The molecule has 226 valence electrons. The van der Waals surface area contributed by atoms with Crippen LogP contribution in [0.5, 0.6) is 0 Å². The molecule has 0 fully saturated rings. The van der Waals surface area contributed by atoms with E-state index in [1.54, 1.807) is 43.3 Å². The molecule has 3 aromatic carbocycles. The Balaban J connectivity index is 1.54. The van der Waals surface area contributed by atoms with Gasteiger partial charge in [0.2, 0.25) is 0 Å². The summed E-state index contributed by atoms with van der Waals surface area (Å²) in [4.78, 5) is 45.1. The highest BCUT2D eigenvalue weighted by Crippen LogP contribution is 2.35. The normalized spacial score (nSPS) is 14.6. The summed E-state index contributed by atoms with van der Waals surface area (Å²) in [5, 5.41) is 0.399. The number of rotatable bonds is 7. The number of thiazole rings is 1. The summed E-state index contributed by atoms with van der Waals surface area (Å²) in [6.07, 6.45) is 1.56. The molecule has 0 saturated carbocycles. The van der Waals surface area contributed by atoms with Gasteiger partial charge >= 0.3 is 11.9 Å². The molecule has 5 aromatic rings. The molecular formula is C34H24ClFN2O6S. The van der Waals surface area contributed by atoms with Crippen LogP contribution in [-0.4, -0.2) is 30.2 Å². The Bertz CT molecular complexity index is 2150. The predicted octanol–water partition coefficient (Wildman–Crippen LogP) is 5.77. The minimum absolute atomic E-state index is 0.107. The quantitative estimate of drug-likeness (QED) is 0.209. The third kappa shape index (κ3) is 5.77. The molecule has 0 aliphatic carbocycles. The van der Waals surface area contributed by atoms with Gasteiger partial charge in [-0.3, -0.25) is 9.36 Å². The highest BCUT2D eigenvalue weighted by molar-refractivity contribution is 7.07. The number of aromatic nitrogens is 1. The summed E-state index contributed by atoms with van der Waals surface area (Å²) in [7, 11) is 1.28. The summed E-state index contributed by atoms with van der Waals surface area (Å²) < 4.78 is 32.1. The molecule has 0 bridgehead atoms. The number of nitrogens with zero attached hydrogens (tertiary/aromatic N) is 2. The molecule has 1 aliphatic rings. The highest BCUT2D eigenvalue weighted by atomic mass is 35.5. The first-order chi connectivity index (χ1) is 21.8. The van der Waals surface area contributed by atoms with Gasteiger partial charge in [0.15, 0.2) is 4.80 Å². The van der Waals surface area contributed by atoms with Crippen molar-refractivity contribution in [1.82, 2.24) is 4.57 Å². The van der Waals surface area contributed by atoms with E-state index in [-0.39, 0.29) is 22.3 Å². The van der Waals surface area contributed by atoms with Gasteiger partial charge in [-0.15, -0.1) is 0 Å². The molecule has 0 saturated heterocycles. The van der Waals surface area contributed by atoms with Crippen molar-refractivity contribution in [3.05, 3.63) is 143 Å². The lowest BCUT2D eigenvalue weighted by Crippen LogP contribution is -2.40. The Morgan fingerprint density at radius 2 is 1.80 bits per heavy atom. The first-order valence-corrected chi connectivity index (χ1v) is 15.0. The predicted molar refractivity (Wildman–Crippen MR) is 168 cm³/mol. The van der Waals surface area contributed by atoms with Gasteiger partial charge in [0, 0.05) is 22.2 Å². The van der Waals surface area contributed by atoms with Crippen LogP contribution >= 0.6 is 22.9 Å². The van der Waals surface area contributed by atoms with Crippen molar-refractivity contribution in [2.45, 2.75) is 13.0 Å². The maximum atomic E-state index is 14.1. The number of halogens is 2. The van der Waals surface area contributed by atoms with Crippen LogP contribution in [0.15, 0.2) is 105 Å². The number of hydrogen-bond donors (Lipinski definition) is 0. The van der Waals surface area contributed by atoms with Gasteiger partial charge in [0.05, 0.1) is 41.1 Å². The van der Waals surface area contributed by atoms with Crippen molar-refractivity contribution in [2.75, 3.05) is 13.7 Å². The number of carbonyl (C=O) groups is 2. The van der Waals surface area contributed by atoms with Crippen molar-refractivity contribution >= 4 is 46.6 Å². The lowest BCUT2D eigenvalue weighted by molar-refractivity contribution is -0.138. The highest BCUT2D eigenvalue weighted by Gasteiger charge is 2.35. The van der Waals surface area contributed by atoms with Gasteiger partial charge in [-0.1, -0.05) is 65.4 Å². The fourth-order valence-electron chi connectivity index (χ4n) is 5.11. The van der Waals surface area contributed by atoms with E-state index in [9.17, 15) is 18.8 Å². The summed E-state index contributed by atoms with van der Waals surface area (Å²) in [6.45, 7) is 1.80. The van der Waals surface area contributed by atoms with Crippen LogP contribution in [0.4, 0.5) is 4.39 Å². The molecular weight excluding hydrogens is 619 g/mol. The molecule has 11 heteroatoms. The van der Waals surface area contributed by atoms with Crippen LogP contribution in [0.1, 0.15) is 40.2 Å². The van der Waals surface area contributed by atoms with Crippen molar-refractivity contribution in [3.8, 4) is 11.3 Å². The van der Waals surface area contributed by atoms with Crippen LogP contribution < -0.4 is 14.9 Å². The molecule has 0 N–H and O–H groups in total. The van der Waals surface area contributed by atoms with Gasteiger partial charge in [-0.25, -0.2) is 19.0 Å². The summed E-state index contributed by atoms with van der Waals surface area (Å²) >= 11 is 7.32. The second-order valence-electron chi connectivity index (χ2n) is 9.87. The zero-order valence-corrected chi connectivity index (χ0v) is 25.5. The molecule has 0 spiro atoms. The zero-order chi connectivity index (χ0) is 31.7. The van der Waals surface area contributed by atoms with E-state index in [4.69, 9.17) is 30.5 Å². The van der Waals surface area contributed by atoms with Gasteiger partial charge < -0.3 is 13.9 Å². The maximum absolute atomic E-state index is 14.1. The molecule has 0 unspecified atom stereocenters. The Kier molecular flexibility index (Phi) is 8.34. The molecule has 3 heterocycles. The van der Waals surface area contributed by atoms with Crippen LogP contribution in [-0.2, 0) is 14.3 Å². The Labute approximate surface area is 264 Å². The zero-order valence-electron chi connectivity index (χ0n) is 24.0. The number of benzene rings is 3. The van der Waals surface area contributed by atoms with E-state index >= 15 is 0 Å². The molecule has 8 nitrogen and oxygen atoms in total. The smallest absolute Gasteiger partial charge is 0.338 e. The topological polar surface area (TPSA) is 100 Å². The van der Waals surface area contributed by atoms with Crippen LogP contribution in [0.25, 0.3) is 23.1 Å². The van der Waals surface area contributed by atoms with Crippen molar-refractivity contribution < 1.29 is 27.9 Å². The molecule has 6 rings (SSSR count). The largest absolute Gasteiger partial charge is 0.465 e. The summed E-state index contributed by atoms with van der Waals surface area (Å²) in [6, 6.07) is 21.8. The fraction of sp³-hybridized carbons (Fsp3) is 0.118. The summed E-state index contributed by atoms with van der Waals surface area (Å²) in [5.41, 5.74) is 1.94. The van der Waals surface area contributed by atoms with Gasteiger partial charge in [0.25, 0.3) is 5.56 Å². The monoisotopic (exact) mass is 642 g/mol. The Morgan fingerprint density at radius 3 is 2.51 bits per heavy atom. The van der Waals surface area contributed by atoms with Gasteiger partial charge in [0.1, 0.15) is 17.3 Å². The second-order valence-corrected chi connectivity index (χ2v) is 11.3. The van der Waals surface area contributed by atoms with E-state index in [0.717, 1.165) is 11.3 Å².